The molecule has 7 nitrogen and oxygen atoms in total. The van der Waals surface area contributed by atoms with E-state index in [-0.39, 0.29) is 18.9 Å². The number of ether oxygens (including phenoxy) is 2. The van der Waals surface area contributed by atoms with E-state index in [1.54, 1.807) is 0 Å². The highest BCUT2D eigenvalue weighted by Gasteiger charge is 2.30. The molecule has 2 aliphatic rings. The van der Waals surface area contributed by atoms with Crippen molar-refractivity contribution < 1.29 is 9.47 Å². The summed E-state index contributed by atoms with van der Waals surface area (Å²) in [4.78, 5) is 0. The second-order valence-corrected chi connectivity index (χ2v) is 6.69. The van der Waals surface area contributed by atoms with Crippen molar-refractivity contribution in [2.24, 2.45) is 0 Å². The molecular weight excluding hydrogens is 350 g/mol. The van der Waals surface area contributed by atoms with E-state index in [9.17, 15) is 0 Å². The fraction of sp³-hybridized carbons (Fsp3) is 0.222. The summed E-state index contributed by atoms with van der Waals surface area (Å²) in [5, 5.41) is 7.38. The zero-order valence-corrected chi connectivity index (χ0v) is 14.6. The summed E-state index contributed by atoms with van der Waals surface area (Å²) >= 11 is 5.47. The van der Waals surface area contributed by atoms with Crippen molar-refractivity contribution in [3.63, 3.8) is 0 Å². The van der Waals surface area contributed by atoms with Crippen molar-refractivity contribution in [1.29, 1.82) is 0 Å². The molecule has 1 saturated heterocycles. The highest BCUT2D eigenvalue weighted by Crippen LogP contribution is 2.35. The van der Waals surface area contributed by atoms with Crippen LogP contribution in [0.15, 0.2) is 48.5 Å². The van der Waals surface area contributed by atoms with Crippen LogP contribution >= 0.6 is 12.2 Å². The van der Waals surface area contributed by atoms with E-state index in [2.05, 4.69) is 33.2 Å². The lowest BCUT2D eigenvalue weighted by molar-refractivity contribution is 0.174. The molecule has 26 heavy (non-hydrogen) atoms. The van der Waals surface area contributed by atoms with Crippen LogP contribution < -0.4 is 20.3 Å². The third kappa shape index (κ3) is 2.59. The van der Waals surface area contributed by atoms with Crippen LogP contribution in [0.25, 0.3) is 5.69 Å². The van der Waals surface area contributed by atoms with Gasteiger partial charge in [-0.15, -0.1) is 0 Å². The second-order valence-electron chi connectivity index (χ2n) is 6.30. The molecule has 5 rings (SSSR count). The smallest absolute Gasteiger partial charge is 0.231 e. The summed E-state index contributed by atoms with van der Waals surface area (Å²) in [5.41, 5.74) is 8.84. The lowest BCUT2D eigenvalue weighted by Gasteiger charge is -2.12. The van der Waals surface area contributed by atoms with Gasteiger partial charge in [0.2, 0.25) is 6.79 Å². The number of H-pyrrole nitrogens is 1. The topological polar surface area (TPSA) is 76.1 Å². The molecule has 0 amide bonds. The van der Waals surface area contributed by atoms with Gasteiger partial charge >= 0.3 is 0 Å². The maximum absolute atomic E-state index is 5.49. The van der Waals surface area contributed by atoms with E-state index in [1.807, 2.05) is 41.0 Å². The van der Waals surface area contributed by atoms with Crippen molar-refractivity contribution in [1.82, 2.24) is 25.6 Å². The number of benzene rings is 2. The van der Waals surface area contributed by atoms with E-state index >= 15 is 0 Å². The third-order valence-electron chi connectivity index (χ3n) is 4.73. The summed E-state index contributed by atoms with van der Waals surface area (Å²) in [6.45, 7) is 0.245. The van der Waals surface area contributed by atoms with Gasteiger partial charge in [-0.2, -0.15) is 5.10 Å². The minimum Gasteiger partial charge on any atom is -0.454 e. The largest absolute Gasteiger partial charge is 0.454 e. The molecule has 0 saturated carbocycles. The number of nitrogens with one attached hydrogen (secondary N) is 3. The lowest BCUT2D eigenvalue weighted by Crippen LogP contribution is -2.28. The predicted octanol–water partition coefficient (Wildman–Crippen LogP) is 2.94. The molecule has 1 fully saturated rings. The monoisotopic (exact) mass is 367 g/mol. The zero-order valence-electron chi connectivity index (χ0n) is 13.8. The Hall–Kier alpha value is -2.68. The molecule has 1 aromatic heterocycles. The summed E-state index contributed by atoms with van der Waals surface area (Å²) in [6, 6.07) is 16.4. The molecule has 3 N–H and O–H groups in total. The number of hydrogen-bond acceptors (Lipinski definition) is 6. The predicted molar refractivity (Wildman–Crippen MR) is 97.7 cm³/mol. The van der Waals surface area contributed by atoms with Crippen LogP contribution in [0.3, 0.4) is 0 Å². The van der Waals surface area contributed by atoms with Gasteiger partial charge in [-0.25, -0.2) is 10.9 Å². The standard InChI is InChI=1S/C18H17N5O2S/c26-18-22-21-17(14-9-13(19-20-14)11-4-2-1-3-5-11)23(18)12-6-7-15-16(8-12)25-10-24-15/h1-8,13-14,19-20H,9-10H2,(H,22,26). The van der Waals surface area contributed by atoms with Gasteiger partial charge in [-0.3, -0.25) is 9.67 Å². The Morgan fingerprint density at radius 2 is 1.81 bits per heavy atom. The molecule has 2 aromatic carbocycles. The van der Waals surface area contributed by atoms with Crippen LogP contribution in [-0.2, 0) is 0 Å². The van der Waals surface area contributed by atoms with Crippen molar-refractivity contribution in [3.8, 4) is 17.2 Å². The maximum Gasteiger partial charge on any atom is 0.231 e. The second kappa shape index (κ2) is 6.24. The molecule has 3 aromatic rings. The normalized spacial score (nSPS) is 21.2. The van der Waals surface area contributed by atoms with Crippen LogP contribution in [0, 0.1) is 4.77 Å². The average Bonchev–Trinajstić information content (AvgIpc) is 3.41. The van der Waals surface area contributed by atoms with Gasteiger partial charge in [0.05, 0.1) is 11.7 Å². The summed E-state index contributed by atoms with van der Waals surface area (Å²) in [5.74, 6) is 2.30. The van der Waals surface area contributed by atoms with Crippen LogP contribution in [-0.4, -0.2) is 21.6 Å². The Kier molecular flexibility index (Phi) is 3.74. The van der Waals surface area contributed by atoms with Crippen molar-refractivity contribution in [2.75, 3.05) is 6.79 Å². The van der Waals surface area contributed by atoms with E-state index < -0.39 is 0 Å². The van der Waals surface area contributed by atoms with E-state index in [1.165, 1.54) is 5.56 Å². The molecule has 0 radical (unpaired) electrons. The first-order valence-electron chi connectivity index (χ1n) is 8.43. The SMILES string of the molecule is S=c1[nH]nc(C2CC(c3ccccc3)NN2)n1-c1ccc2c(c1)OCO2. The number of hydrogen-bond donors (Lipinski definition) is 3. The Morgan fingerprint density at radius 3 is 2.69 bits per heavy atom. The molecule has 0 bridgehead atoms. The van der Waals surface area contributed by atoms with Crippen LogP contribution in [0.2, 0.25) is 0 Å². The minimum atomic E-state index is 0.0265. The van der Waals surface area contributed by atoms with Crippen LogP contribution in [0.1, 0.15) is 29.9 Å². The van der Waals surface area contributed by atoms with Crippen LogP contribution in [0.5, 0.6) is 11.5 Å². The van der Waals surface area contributed by atoms with E-state index in [4.69, 9.17) is 21.7 Å². The molecule has 3 heterocycles. The first kappa shape index (κ1) is 15.6. The quantitative estimate of drug-likeness (QED) is 0.618. The number of nitrogens with zero attached hydrogens (tertiary/aromatic N) is 2. The number of rotatable bonds is 3. The van der Waals surface area contributed by atoms with Gasteiger partial charge in [0, 0.05) is 12.1 Å². The maximum atomic E-state index is 5.49. The average molecular weight is 367 g/mol. The Labute approximate surface area is 154 Å². The van der Waals surface area contributed by atoms with Gasteiger partial charge in [0.25, 0.3) is 0 Å². The first-order valence-corrected chi connectivity index (χ1v) is 8.84. The molecular formula is C18H17N5O2S. The highest BCUT2D eigenvalue weighted by atomic mass is 32.1. The molecule has 8 heteroatoms. The Balaban J connectivity index is 1.47. The summed E-state index contributed by atoms with van der Waals surface area (Å²) in [7, 11) is 0. The Bertz CT molecular complexity index is 1000. The van der Waals surface area contributed by atoms with Crippen molar-refractivity contribution >= 4 is 12.2 Å². The molecule has 2 atom stereocenters. The first-order chi connectivity index (χ1) is 12.8. The highest BCUT2D eigenvalue weighted by molar-refractivity contribution is 7.71. The summed E-state index contributed by atoms with van der Waals surface area (Å²) < 4.78 is 13.4. The number of aromatic nitrogens is 3. The van der Waals surface area contributed by atoms with Gasteiger partial charge in [0.15, 0.2) is 22.1 Å². The Morgan fingerprint density at radius 1 is 1.00 bits per heavy atom. The fourth-order valence-electron chi connectivity index (χ4n) is 3.45. The molecule has 0 spiro atoms. The van der Waals surface area contributed by atoms with Crippen molar-refractivity contribution in [3.05, 3.63) is 64.7 Å². The van der Waals surface area contributed by atoms with Crippen molar-refractivity contribution in [2.45, 2.75) is 18.5 Å². The lowest BCUT2D eigenvalue weighted by atomic mass is 10.0. The van der Waals surface area contributed by atoms with Gasteiger partial charge in [-0.1, -0.05) is 30.3 Å². The number of hydrazine groups is 1. The number of aromatic amines is 1. The number of fused-ring (bicyclic) bond motifs is 1. The molecule has 0 aliphatic carbocycles. The fourth-order valence-corrected chi connectivity index (χ4v) is 3.69. The summed E-state index contributed by atoms with van der Waals surface area (Å²) in [6.07, 6.45) is 0.869. The van der Waals surface area contributed by atoms with Gasteiger partial charge in [0.1, 0.15) is 0 Å². The van der Waals surface area contributed by atoms with Gasteiger partial charge < -0.3 is 9.47 Å². The molecule has 2 aliphatic heterocycles. The zero-order chi connectivity index (χ0) is 17.5. The molecule has 132 valence electrons. The third-order valence-corrected chi connectivity index (χ3v) is 5.00. The van der Waals surface area contributed by atoms with E-state index in [0.29, 0.717) is 4.77 Å². The van der Waals surface area contributed by atoms with Crippen LogP contribution in [0.4, 0.5) is 0 Å². The molecule has 2 unspecified atom stereocenters. The minimum absolute atomic E-state index is 0.0265. The van der Waals surface area contributed by atoms with E-state index in [0.717, 1.165) is 29.4 Å². The van der Waals surface area contributed by atoms with Gasteiger partial charge in [-0.05, 0) is 36.3 Å².